The van der Waals surface area contributed by atoms with Crippen LogP contribution in [0.4, 0.5) is 0 Å². The van der Waals surface area contributed by atoms with Crippen molar-refractivity contribution < 1.29 is 9.84 Å². The normalized spacial score (nSPS) is 11.3. The van der Waals surface area contributed by atoms with Gasteiger partial charge >= 0.3 is 0 Å². The number of imidazole rings is 1. The molecule has 1 aromatic heterocycles. The van der Waals surface area contributed by atoms with Gasteiger partial charge in [0.1, 0.15) is 11.6 Å². The van der Waals surface area contributed by atoms with Gasteiger partial charge in [0.2, 0.25) is 0 Å². The standard InChI is InChI=1S/C22H28N2O2/c1-15-7-5-8-21(18(15)4)26-12-6-10-24-20-14-17(3)16(2)13-19(20)23-22(24)9-11-25/h5,7-8,13-14,25H,6,9-12H2,1-4H3. The molecule has 0 aliphatic carbocycles. The lowest BCUT2D eigenvalue weighted by molar-refractivity contribution is 0.289. The Morgan fingerprint density at radius 3 is 2.58 bits per heavy atom. The Labute approximate surface area is 155 Å². The summed E-state index contributed by atoms with van der Waals surface area (Å²) in [5.41, 5.74) is 7.11. The molecule has 4 heteroatoms. The van der Waals surface area contributed by atoms with Crippen molar-refractivity contribution in [1.82, 2.24) is 9.55 Å². The van der Waals surface area contributed by atoms with Gasteiger partial charge in [0.05, 0.1) is 24.2 Å². The first-order valence-corrected chi connectivity index (χ1v) is 9.27. The number of ether oxygens (including phenoxy) is 1. The molecule has 0 bridgehead atoms. The first-order valence-electron chi connectivity index (χ1n) is 9.27. The van der Waals surface area contributed by atoms with Crippen LogP contribution in [0.15, 0.2) is 30.3 Å². The van der Waals surface area contributed by atoms with Crippen LogP contribution in [-0.2, 0) is 13.0 Å². The van der Waals surface area contributed by atoms with Crippen molar-refractivity contribution in [2.75, 3.05) is 13.2 Å². The molecular formula is C22H28N2O2. The van der Waals surface area contributed by atoms with Gasteiger partial charge in [-0.1, -0.05) is 12.1 Å². The summed E-state index contributed by atoms with van der Waals surface area (Å²) in [6, 6.07) is 10.5. The number of aliphatic hydroxyl groups is 1. The zero-order chi connectivity index (χ0) is 18.7. The van der Waals surface area contributed by atoms with Gasteiger partial charge in [0.15, 0.2) is 0 Å². The summed E-state index contributed by atoms with van der Waals surface area (Å²) in [5.74, 6) is 1.90. The smallest absolute Gasteiger partial charge is 0.122 e. The molecule has 138 valence electrons. The van der Waals surface area contributed by atoms with Crippen LogP contribution in [-0.4, -0.2) is 27.9 Å². The van der Waals surface area contributed by atoms with Gasteiger partial charge in [-0.25, -0.2) is 4.98 Å². The largest absolute Gasteiger partial charge is 0.493 e. The Kier molecular flexibility index (Phi) is 5.62. The van der Waals surface area contributed by atoms with Crippen LogP contribution in [0.3, 0.4) is 0 Å². The predicted octanol–water partition coefficient (Wildman–Crippen LogP) is 4.27. The summed E-state index contributed by atoms with van der Waals surface area (Å²) in [4.78, 5) is 4.73. The number of nitrogens with zero attached hydrogens (tertiary/aromatic N) is 2. The van der Waals surface area contributed by atoms with E-state index in [9.17, 15) is 5.11 Å². The summed E-state index contributed by atoms with van der Waals surface area (Å²) < 4.78 is 8.21. The van der Waals surface area contributed by atoms with Gasteiger partial charge in [-0.3, -0.25) is 0 Å². The highest BCUT2D eigenvalue weighted by atomic mass is 16.5. The van der Waals surface area contributed by atoms with E-state index in [0.717, 1.165) is 35.6 Å². The van der Waals surface area contributed by atoms with Gasteiger partial charge in [0.25, 0.3) is 0 Å². The molecule has 0 saturated heterocycles. The number of aryl methyl sites for hydroxylation is 4. The molecule has 26 heavy (non-hydrogen) atoms. The number of aliphatic hydroxyl groups excluding tert-OH is 1. The Bertz CT molecular complexity index is 912. The van der Waals surface area contributed by atoms with E-state index < -0.39 is 0 Å². The van der Waals surface area contributed by atoms with E-state index in [2.05, 4.69) is 50.5 Å². The summed E-state index contributed by atoms with van der Waals surface area (Å²) in [7, 11) is 0. The highest BCUT2D eigenvalue weighted by molar-refractivity contribution is 5.78. The van der Waals surface area contributed by atoms with E-state index in [1.54, 1.807) is 0 Å². The molecule has 0 aliphatic rings. The summed E-state index contributed by atoms with van der Waals surface area (Å²) in [6.45, 7) is 10.0. The Morgan fingerprint density at radius 2 is 1.81 bits per heavy atom. The van der Waals surface area contributed by atoms with E-state index in [-0.39, 0.29) is 6.61 Å². The fraction of sp³-hybridized carbons (Fsp3) is 0.409. The maximum atomic E-state index is 9.38. The highest BCUT2D eigenvalue weighted by Gasteiger charge is 2.12. The van der Waals surface area contributed by atoms with Crippen LogP contribution in [0.1, 0.15) is 34.5 Å². The second-order valence-corrected chi connectivity index (χ2v) is 6.98. The van der Waals surface area contributed by atoms with Crippen molar-refractivity contribution in [3.05, 3.63) is 58.4 Å². The molecule has 0 atom stereocenters. The predicted molar refractivity (Wildman–Crippen MR) is 106 cm³/mol. The van der Waals surface area contributed by atoms with E-state index in [1.165, 1.54) is 22.3 Å². The lowest BCUT2D eigenvalue weighted by Gasteiger charge is -2.12. The molecule has 4 nitrogen and oxygen atoms in total. The summed E-state index contributed by atoms with van der Waals surface area (Å²) in [6.07, 6.45) is 1.47. The lowest BCUT2D eigenvalue weighted by Crippen LogP contribution is -2.09. The molecule has 0 spiro atoms. The molecule has 2 aromatic carbocycles. The van der Waals surface area contributed by atoms with Crippen LogP contribution in [0.25, 0.3) is 11.0 Å². The second-order valence-electron chi connectivity index (χ2n) is 6.98. The Hall–Kier alpha value is -2.33. The third kappa shape index (κ3) is 3.75. The first kappa shape index (κ1) is 18.5. The molecule has 0 amide bonds. The van der Waals surface area contributed by atoms with Crippen LogP contribution in [0.5, 0.6) is 5.75 Å². The van der Waals surface area contributed by atoms with Gasteiger partial charge in [-0.05, 0) is 74.6 Å². The van der Waals surface area contributed by atoms with Crippen LogP contribution in [0.2, 0.25) is 0 Å². The van der Waals surface area contributed by atoms with Crippen molar-refractivity contribution in [2.24, 2.45) is 0 Å². The van der Waals surface area contributed by atoms with E-state index in [1.807, 2.05) is 12.1 Å². The first-order chi connectivity index (χ1) is 12.5. The monoisotopic (exact) mass is 352 g/mol. The fourth-order valence-electron chi connectivity index (χ4n) is 3.26. The molecule has 1 N–H and O–H groups in total. The Morgan fingerprint density at radius 1 is 1.04 bits per heavy atom. The van der Waals surface area contributed by atoms with Crippen LogP contribution >= 0.6 is 0 Å². The fourth-order valence-corrected chi connectivity index (χ4v) is 3.26. The average molecular weight is 352 g/mol. The number of aromatic nitrogens is 2. The summed E-state index contributed by atoms with van der Waals surface area (Å²) in [5, 5.41) is 9.38. The third-order valence-electron chi connectivity index (χ3n) is 5.12. The third-order valence-corrected chi connectivity index (χ3v) is 5.12. The van der Waals surface area contributed by atoms with E-state index in [4.69, 9.17) is 9.72 Å². The lowest BCUT2D eigenvalue weighted by atomic mass is 10.1. The number of hydrogen-bond donors (Lipinski definition) is 1. The van der Waals surface area contributed by atoms with Crippen LogP contribution < -0.4 is 4.74 Å². The molecule has 1 heterocycles. The van der Waals surface area contributed by atoms with Crippen molar-refractivity contribution >= 4 is 11.0 Å². The number of rotatable bonds is 7. The highest BCUT2D eigenvalue weighted by Crippen LogP contribution is 2.23. The van der Waals surface area contributed by atoms with E-state index >= 15 is 0 Å². The quantitative estimate of drug-likeness (QED) is 0.646. The topological polar surface area (TPSA) is 47.3 Å². The molecule has 3 rings (SSSR count). The van der Waals surface area contributed by atoms with Gasteiger partial charge < -0.3 is 14.4 Å². The number of fused-ring (bicyclic) bond motifs is 1. The number of hydrogen-bond acceptors (Lipinski definition) is 3. The van der Waals surface area contributed by atoms with Crippen molar-refractivity contribution in [3.8, 4) is 5.75 Å². The molecule has 0 fully saturated rings. The van der Waals surface area contributed by atoms with Crippen molar-refractivity contribution in [1.29, 1.82) is 0 Å². The molecule has 0 aliphatic heterocycles. The second kappa shape index (κ2) is 7.92. The zero-order valence-corrected chi connectivity index (χ0v) is 16.2. The Balaban J connectivity index is 1.74. The van der Waals surface area contributed by atoms with Gasteiger partial charge in [0, 0.05) is 13.0 Å². The van der Waals surface area contributed by atoms with Crippen LogP contribution in [0, 0.1) is 27.7 Å². The van der Waals surface area contributed by atoms with Crippen molar-refractivity contribution in [3.63, 3.8) is 0 Å². The van der Waals surface area contributed by atoms with Gasteiger partial charge in [-0.15, -0.1) is 0 Å². The van der Waals surface area contributed by atoms with E-state index in [0.29, 0.717) is 13.0 Å². The minimum atomic E-state index is 0.111. The minimum absolute atomic E-state index is 0.111. The maximum absolute atomic E-state index is 9.38. The molecular weight excluding hydrogens is 324 g/mol. The minimum Gasteiger partial charge on any atom is -0.493 e. The molecule has 0 unspecified atom stereocenters. The maximum Gasteiger partial charge on any atom is 0.122 e. The van der Waals surface area contributed by atoms with Crippen molar-refractivity contribution in [2.45, 2.75) is 47.1 Å². The zero-order valence-electron chi connectivity index (χ0n) is 16.2. The SMILES string of the molecule is Cc1cc2nc(CCO)n(CCCOc3cccc(C)c3C)c2cc1C. The molecule has 0 saturated carbocycles. The number of benzene rings is 2. The average Bonchev–Trinajstić information content (AvgIpc) is 2.92. The summed E-state index contributed by atoms with van der Waals surface area (Å²) >= 11 is 0. The molecule has 0 radical (unpaired) electrons. The van der Waals surface area contributed by atoms with Gasteiger partial charge in [-0.2, -0.15) is 0 Å². The molecule has 3 aromatic rings.